The Morgan fingerprint density at radius 2 is 2.19 bits per heavy atom. The molecule has 1 aromatic carbocycles. The molecule has 0 amide bonds. The first-order valence-electron chi connectivity index (χ1n) is 7.51. The summed E-state index contributed by atoms with van der Waals surface area (Å²) in [6, 6.07) is 2.72. The zero-order chi connectivity index (χ0) is 15.0. The van der Waals surface area contributed by atoms with Gasteiger partial charge in [-0.05, 0) is 36.9 Å². The molecule has 114 valence electrons. The Balaban J connectivity index is 1.74. The highest BCUT2D eigenvalue weighted by Crippen LogP contribution is 2.32. The van der Waals surface area contributed by atoms with E-state index in [1.165, 1.54) is 18.9 Å². The van der Waals surface area contributed by atoms with Crippen molar-refractivity contribution in [1.29, 1.82) is 0 Å². The van der Waals surface area contributed by atoms with Gasteiger partial charge in [0, 0.05) is 25.6 Å². The molecule has 3 rings (SSSR count). The fraction of sp³-hybridized carbons (Fsp3) is 0.562. The van der Waals surface area contributed by atoms with Gasteiger partial charge in [-0.15, -0.1) is 0 Å². The molecule has 0 spiro atoms. The van der Waals surface area contributed by atoms with E-state index in [4.69, 9.17) is 4.74 Å². The van der Waals surface area contributed by atoms with Crippen molar-refractivity contribution in [2.45, 2.75) is 32.3 Å². The summed E-state index contributed by atoms with van der Waals surface area (Å²) in [5, 5.41) is 19.4. The molecule has 0 saturated carbocycles. The van der Waals surface area contributed by atoms with E-state index in [2.05, 4.69) is 11.8 Å². The Labute approximate surface area is 124 Å². The first-order valence-corrected chi connectivity index (χ1v) is 7.51. The molecule has 0 aliphatic carbocycles. The van der Waals surface area contributed by atoms with Crippen LogP contribution in [0.2, 0.25) is 0 Å². The van der Waals surface area contributed by atoms with Crippen LogP contribution < -0.4 is 0 Å². The quantitative estimate of drug-likeness (QED) is 0.815. The zero-order valence-electron chi connectivity index (χ0n) is 12.2. The van der Waals surface area contributed by atoms with Crippen LogP contribution >= 0.6 is 0 Å². The summed E-state index contributed by atoms with van der Waals surface area (Å²) in [6.45, 7) is 5.03. The van der Waals surface area contributed by atoms with Crippen molar-refractivity contribution in [2.75, 3.05) is 19.6 Å². The fourth-order valence-corrected chi connectivity index (χ4v) is 3.41. The molecule has 21 heavy (non-hydrogen) atoms. The van der Waals surface area contributed by atoms with Gasteiger partial charge in [-0.1, -0.05) is 6.92 Å². The number of nitrogens with zero attached hydrogens (tertiary/aromatic N) is 1. The lowest BCUT2D eigenvalue weighted by Crippen LogP contribution is -2.43. The summed E-state index contributed by atoms with van der Waals surface area (Å²) in [5.41, 5.74) is 0.856. The van der Waals surface area contributed by atoms with Crippen molar-refractivity contribution >= 4 is 5.97 Å². The molecule has 2 heterocycles. The number of hydrogen-bond acceptors (Lipinski definition) is 5. The highest BCUT2D eigenvalue weighted by molar-refractivity contribution is 5.95. The van der Waals surface area contributed by atoms with Crippen molar-refractivity contribution in [1.82, 2.24) is 4.90 Å². The zero-order valence-corrected chi connectivity index (χ0v) is 12.2. The number of phenolic OH excluding ortho intramolecular Hbond substituents is 2. The molecule has 1 fully saturated rings. The average Bonchev–Trinajstić information content (AvgIpc) is 2.37. The Hall–Kier alpha value is -1.75. The number of aromatic hydroxyl groups is 2. The Morgan fingerprint density at radius 1 is 1.38 bits per heavy atom. The third kappa shape index (κ3) is 2.97. The smallest absolute Gasteiger partial charge is 0.342 e. The van der Waals surface area contributed by atoms with Crippen LogP contribution in [0.4, 0.5) is 0 Å². The van der Waals surface area contributed by atoms with Crippen LogP contribution in [-0.4, -0.2) is 46.8 Å². The lowest BCUT2D eigenvalue weighted by atomic mass is 9.95. The number of esters is 1. The van der Waals surface area contributed by atoms with Crippen molar-refractivity contribution in [2.24, 2.45) is 5.92 Å². The molecule has 0 aromatic heterocycles. The van der Waals surface area contributed by atoms with E-state index in [1.807, 2.05) is 0 Å². The molecule has 2 aliphatic heterocycles. The van der Waals surface area contributed by atoms with Gasteiger partial charge in [0.15, 0.2) is 0 Å². The van der Waals surface area contributed by atoms with E-state index < -0.39 is 5.97 Å². The summed E-state index contributed by atoms with van der Waals surface area (Å²) >= 11 is 0. The second kappa shape index (κ2) is 5.56. The van der Waals surface area contributed by atoms with Gasteiger partial charge in [0.2, 0.25) is 0 Å². The predicted molar refractivity (Wildman–Crippen MR) is 77.5 cm³/mol. The predicted octanol–water partition coefficient (Wildman–Crippen LogP) is 1.91. The van der Waals surface area contributed by atoms with Gasteiger partial charge in [0.25, 0.3) is 0 Å². The van der Waals surface area contributed by atoms with E-state index in [0.717, 1.165) is 13.1 Å². The number of ether oxygens (including phenoxy) is 1. The second-order valence-electron chi connectivity index (χ2n) is 6.24. The average molecular weight is 291 g/mol. The van der Waals surface area contributed by atoms with E-state index in [0.29, 0.717) is 24.4 Å². The fourth-order valence-electron chi connectivity index (χ4n) is 3.41. The van der Waals surface area contributed by atoms with E-state index in [1.54, 1.807) is 6.07 Å². The van der Waals surface area contributed by atoms with Crippen LogP contribution in [0.5, 0.6) is 11.5 Å². The molecule has 0 unspecified atom stereocenters. The SMILES string of the molecule is C[C@H]1CCCN(C[C@H]2Cc3cc(O)cc(O)c3C(=O)O2)C1. The first-order chi connectivity index (χ1) is 10.0. The van der Waals surface area contributed by atoms with E-state index >= 15 is 0 Å². The summed E-state index contributed by atoms with van der Waals surface area (Å²) in [6.07, 6.45) is 2.76. The number of cyclic esters (lactones) is 1. The normalized spacial score (nSPS) is 26.2. The molecule has 5 heteroatoms. The number of fused-ring (bicyclic) bond motifs is 1. The Kier molecular flexibility index (Phi) is 3.76. The summed E-state index contributed by atoms with van der Waals surface area (Å²) in [7, 11) is 0. The Bertz CT molecular complexity index is 557. The van der Waals surface area contributed by atoms with Crippen LogP contribution in [0.3, 0.4) is 0 Å². The minimum absolute atomic E-state index is 0.0219. The lowest BCUT2D eigenvalue weighted by molar-refractivity contribution is 0.0113. The summed E-state index contributed by atoms with van der Waals surface area (Å²) < 4.78 is 5.45. The number of hydrogen-bond donors (Lipinski definition) is 2. The topological polar surface area (TPSA) is 70.0 Å². The van der Waals surface area contributed by atoms with Crippen LogP contribution in [0.1, 0.15) is 35.7 Å². The largest absolute Gasteiger partial charge is 0.508 e. The van der Waals surface area contributed by atoms with E-state index in [9.17, 15) is 15.0 Å². The molecule has 2 atom stereocenters. The van der Waals surface area contributed by atoms with Crippen molar-refractivity contribution < 1.29 is 19.7 Å². The summed E-state index contributed by atoms with van der Waals surface area (Å²) in [4.78, 5) is 14.4. The molecule has 2 N–H and O–H groups in total. The molecular formula is C16H21NO4. The van der Waals surface area contributed by atoms with Gasteiger partial charge >= 0.3 is 5.97 Å². The van der Waals surface area contributed by atoms with Crippen molar-refractivity contribution in [3.8, 4) is 11.5 Å². The van der Waals surface area contributed by atoms with Gasteiger partial charge in [-0.3, -0.25) is 4.90 Å². The minimum Gasteiger partial charge on any atom is -0.508 e. The third-order valence-electron chi connectivity index (χ3n) is 4.31. The molecule has 0 bridgehead atoms. The monoisotopic (exact) mass is 291 g/mol. The standard InChI is InChI=1S/C16H21NO4/c1-10-3-2-4-17(8-10)9-13-6-11-5-12(18)7-14(19)15(11)16(20)21-13/h5,7,10,13,18-19H,2-4,6,8-9H2,1H3/t10-,13+/m0/s1. The Morgan fingerprint density at radius 3 is 2.95 bits per heavy atom. The highest BCUT2D eigenvalue weighted by Gasteiger charge is 2.31. The first kappa shape index (κ1) is 14.2. The van der Waals surface area contributed by atoms with E-state index in [-0.39, 0.29) is 23.2 Å². The van der Waals surface area contributed by atoms with Crippen LogP contribution in [0.15, 0.2) is 12.1 Å². The maximum Gasteiger partial charge on any atom is 0.342 e. The molecule has 0 radical (unpaired) electrons. The number of carbonyl (C=O) groups is 1. The number of rotatable bonds is 2. The van der Waals surface area contributed by atoms with Crippen LogP contribution in [-0.2, 0) is 11.2 Å². The molecule has 1 saturated heterocycles. The molecule has 5 nitrogen and oxygen atoms in total. The molecule has 1 aromatic rings. The van der Waals surface area contributed by atoms with Gasteiger partial charge in [0.05, 0.1) is 0 Å². The van der Waals surface area contributed by atoms with Crippen LogP contribution in [0.25, 0.3) is 0 Å². The lowest BCUT2D eigenvalue weighted by Gasteiger charge is -2.34. The van der Waals surface area contributed by atoms with Crippen molar-refractivity contribution in [3.63, 3.8) is 0 Å². The van der Waals surface area contributed by atoms with Gasteiger partial charge in [0.1, 0.15) is 23.2 Å². The van der Waals surface area contributed by atoms with Crippen molar-refractivity contribution in [3.05, 3.63) is 23.3 Å². The molecule has 2 aliphatic rings. The second-order valence-corrected chi connectivity index (χ2v) is 6.24. The summed E-state index contributed by atoms with van der Waals surface area (Å²) in [5.74, 6) is -0.0476. The third-order valence-corrected chi connectivity index (χ3v) is 4.31. The van der Waals surface area contributed by atoms with Gasteiger partial charge in [-0.2, -0.15) is 0 Å². The maximum atomic E-state index is 12.1. The van der Waals surface area contributed by atoms with Crippen LogP contribution in [0, 0.1) is 5.92 Å². The van der Waals surface area contributed by atoms with Gasteiger partial charge < -0.3 is 14.9 Å². The van der Waals surface area contributed by atoms with Gasteiger partial charge in [-0.25, -0.2) is 4.79 Å². The number of piperidine rings is 1. The number of benzene rings is 1. The molecular weight excluding hydrogens is 270 g/mol. The maximum absolute atomic E-state index is 12.1. The minimum atomic E-state index is -0.496. The highest BCUT2D eigenvalue weighted by atomic mass is 16.5. The number of carbonyl (C=O) groups excluding carboxylic acids is 1. The number of likely N-dealkylation sites (tertiary alicyclic amines) is 1. The number of phenols is 2.